The van der Waals surface area contributed by atoms with Gasteiger partial charge in [0.1, 0.15) is 5.65 Å². The van der Waals surface area contributed by atoms with Crippen molar-refractivity contribution in [1.82, 2.24) is 15.0 Å². The van der Waals surface area contributed by atoms with Gasteiger partial charge in [-0.15, -0.1) is 0 Å². The molecular formula is C24H22N4O2. The topological polar surface area (TPSA) is 82.1 Å². The highest BCUT2D eigenvalue weighted by Crippen LogP contribution is 2.32. The van der Waals surface area contributed by atoms with Crippen LogP contribution in [0, 0.1) is 0 Å². The van der Waals surface area contributed by atoms with Crippen molar-refractivity contribution in [2.45, 2.75) is 25.9 Å². The summed E-state index contributed by atoms with van der Waals surface area (Å²) < 4.78 is 0. The minimum atomic E-state index is -0.574. The number of amides is 1. The molecule has 4 aromatic rings. The molecule has 30 heavy (non-hydrogen) atoms. The Balaban J connectivity index is 1.50. The largest absolute Gasteiger partial charge is 0.389 e. The first-order valence-corrected chi connectivity index (χ1v) is 10.1. The van der Waals surface area contributed by atoms with Crippen molar-refractivity contribution < 1.29 is 9.90 Å². The van der Waals surface area contributed by atoms with Gasteiger partial charge in [-0.05, 0) is 48.7 Å². The van der Waals surface area contributed by atoms with Gasteiger partial charge in [-0.25, -0.2) is 4.98 Å². The molecule has 1 atom stereocenters. The minimum absolute atomic E-state index is 0.191. The first kappa shape index (κ1) is 18.5. The standard InChI is InChI=1S/C24H22N4O2/c1-15(29)17-10-21-22(14-27-24(21)26-13-17)19-9-18(11-25-12-19)16-4-6-20(7-5-16)28-8-2-3-23(28)30/h4-7,9-15,29H,2-3,8H2,1H3,(H,26,27). The maximum atomic E-state index is 12.0. The van der Waals surface area contributed by atoms with Gasteiger partial charge in [0, 0.05) is 65.5 Å². The van der Waals surface area contributed by atoms with E-state index < -0.39 is 6.10 Å². The van der Waals surface area contributed by atoms with Crippen LogP contribution >= 0.6 is 0 Å². The molecular weight excluding hydrogens is 376 g/mol. The van der Waals surface area contributed by atoms with E-state index in [1.807, 2.05) is 53.8 Å². The van der Waals surface area contributed by atoms with Crippen LogP contribution in [0.15, 0.2) is 61.2 Å². The molecule has 6 nitrogen and oxygen atoms in total. The molecule has 0 spiro atoms. The second-order valence-corrected chi connectivity index (χ2v) is 7.70. The fourth-order valence-corrected chi connectivity index (χ4v) is 3.99. The van der Waals surface area contributed by atoms with E-state index >= 15 is 0 Å². The number of aliphatic hydroxyl groups excluding tert-OH is 1. The predicted molar refractivity (Wildman–Crippen MR) is 117 cm³/mol. The van der Waals surface area contributed by atoms with Crippen LogP contribution < -0.4 is 4.90 Å². The van der Waals surface area contributed by atoms with E-state index in [-0.39, 0.29) is 5.91 Å². The summed E-state index contributed by atoms with van der Waals surface area (Å²) in [5.74, 6) is 0.191. The Kier molecular flexibility index (Phi) is 4.56. The third-order valence-electron chi connectivity index (χ3n) is 5.67. The maximum absolute atomic E-state index is 12.0. The van der Waals surface area contributed by atoms with Crippen LogP contribution in [0.2, 0.25) is 0 Å². The fraction of sp³-hybridized carbons (Fsp3) is 0.208. The molecule has 3 aromatic heterocycles. The Labute approximate surface area is 174 Å². The van der Waals surface area contributed by atoms with Gasteiger partial charge in [0.15, 0.2) is 0 Å². The second-order valence-electron chi connectivity index (χ2n) is 7.70. The summed E-state index contributed by atoms with van der Waals surface area (Å²) in [6, 6.07) is 12.1. The zero-order valence-electron chi connectivity index (χ0n) is 16.7. The Morgan fingerprint density at radius 3 is 2.60 bits per heavy atom. The van der Waals surface area contributed by atoms with Crippen molar-refractivity contribution in [2.24, 2.45) is 0 Å². The molecule has 5 rings (SSSR count). The highest BCUT2D eigenvalue weighted by molar-refractivity contribution is 5.96. The molecule has 0 aliphatic carbocycles. The molecule has 1 aromatic carbocycles. The number of hydrogen-bond donors (Lipinski definition) is 2. The number of aromatic amines is 1. The van der Waals surface area contributed by atoms with Gasteiger partial charge < -0.3 is 15.0 Å². The third-order valence-corrected chi connectivity index (χ3v) is 5.67. The van der Waals surface area contributed by atoms with Crippen LogP contribution in [0.3, 0.4) is 0 Å². The molecule has 1 aliphatic heterocycles. The number of H-pyrrole nitrogens is 1. The molecule has 0 saturated carbocycles. The lowest BCUT2D eigenvalue weighted by molar-refractivity contribution is -0.117. The Morgan fingerprint density at radius 2 is 1.87 bits per heavy atom. The van der Waals surface area contributed by atoms with Crippen LogP contribution in [0.4, 0.5) is 5.69 Å². The molecule has 1 saturated heterocycles. The number of fused-ring (bicyclic) bond motifs is 1. The Hall–Kier alpha value is -3.51. The Bertz CT molecular complexity index is 1230. The van der Waals surface area contributed by atoms with Crippen molar-refractivity contribution in [2.75, 3.05) is 11.4 Å². The molecule has 1 aliphatic rings. The number of anilines is 1. The smallest absolute Gasteiger partial charge is 0.227 e. The highest BCUT2D eigenvalue weighted by atomic mass is 16.3. The zero-order valence-corrected chi connectivity index (χ0v) is 16.7. The normalized spacial score (nSPS) is 15.1. The molecule has 6 heteroatoms. The van der Waals surface area contributed by atoms with Crippen LogP contribution in [-0.4, -0.2) is 32.5 Å². The summed E-state index contributed by atoms with van der Waals surface area (Å²) in [5, 5.41) is 10.9. The first-order chi connectivity index (χ1) is 14.6. The number of hydrogen-bond acceptors (Lipinski definition) is 4. The summed E-state index contributed by atoms with van der Waals surface area (Å²) in [6.07, 6.45) is 8.26. The lowest BCUT2D eigenvalue weighted by Crippen LogP contribution is -2.23. The SMILES string of the molecule is CC(O)c1cnc2[nH]cc(-c3cncc(-c4ccc(N5CCCC5=O)cc4)c3)c2c1. The fourth-order valence-electron chi connectivity index (χ4n) is 3.99. The lowest BCUT2D eigenvalue weighted by atomic mass is 10.0. The van der Waals surface area contributed by atoms with Crippen molar-refractivity contribution >= 4 is 22.6 Å². The maximum Gasteiger partial charge on any atom is 0.227 e. The molecule has 2 N–H and O–H groups in total. The van der Waals surface area contributed by atoms with Crippen molar-refractivity contribution in [3.63, 3.8) is 0 Å². The predicted octanol–water partition coefficient (Wildman–Crippen LogP) is 4.47. The number of aromatic nitrogens is 3. The average Bonchev–Trinajstić information content (AvgIpc) is 3.39. The van der Waals surface area contributed by atoms with Gasteiger partial charge in [0.05, 0.1) is 6.10 Å². The lowest BCUT2D eigenvalue weighted by Gasteiger charge is -2.16. The van der Waals surface area contributed by atoms with E-state index in [4.69, 9.17) is 0 Å². The molecule has 1 fully saturated rings. The molecule has 1 unspecified atom stereocenters. The van der Waals surface area contributed by atoms with Crippen molar-refractivity contribution in [3.05, 3.63) is 66.7 Å². The third kappa shape index (κ3) is 3.25. The first-order valence-electron chi connectivity index (χ1n) is 10.1. The zero-order chi connectivity index (χ0) is 20.7. The number of pyridine rings is 2. The van der Waals surface area contributed by atoms with Crippen molar-refractivity contribution in [3.8, 4) is 22.3 Å². The molecule has 150 valence electrons. The second kappa shape index (κ2) is 7.39. The summed E-state index contributed by atoms with van der Waals surface area (Å²) in [7, 11) is 0. The number of aliphatic hydroxyl groups is 1. The molecule has 1 amide bonds. The van der Waals surface area contributed by atoms with Crippen LogP contribution in [-0.2, 0) is 4.79 Å². The van der Waals surface area contributed by atoms with Crippen LogP contribution in [0.5, 0.6) is 0 Å². The van der Waals surface area contributed by atoms with E-state index in [0.717, 1.165) is 57.5 Å². The van der Waals surface area contributed by atoms with E-state index in [2.05, 4.69) is 21.0 Å². The summed E-state index contributed by atoms with van der Waals surface area (Å²) >= 11 is 0. The van der Waals surface area contributed by atoms with E-state index in [1.165, 1.54) is 0 Å². The number of carbonyl (C=O) groups is 1. The monoisotopic (exact) mass is 398 g/mol. The minimum Gasteiger partial charge on any atom is -0.389 e. The van der Waals surface area contributed by atoms with Crippen LogP contribution in [0.1, 0.15) is 31.4 Å². The number of nitrogens with zero attached hydrogens (tertiary/aromatic N) is 3. The van der Waals surface area contributed by atoms with Gasteiger partial charge in [-0.2, -0.15) is 0 Å². The van der Waals surface area contributed by atoms with Gasteiger partial charge in [-0.1, -0.05) is 12.1 Å². The summed E-state index contributed by atoms with van der Waals surface area (Å²) in [6.45, 7) is 2.52. The number of carbonyl (C=O) groups excluding carboxylic acids is 1. The average molecular weight is 398 g/mol. The van der Waals surface area contributed by atoms with Crippen molar-refractivity contribution in [1.29, 1.82) is 0 Å². The van der Waals surface area contributed by atoms with Gasteiger partial charge >= 0.3 is 0 Å². The van der Waals surface area contributed by atoms with Gasteiger partial charge in [0.25, 0.3) is 0 Å². The van der Waals surface area contributed by atoms with E-state index in [0.29, 0.717) is 6.42 Å². The number of benzene rings is 1. The number of nitrogens with one attached hydrogen (secondary N) is 1. The number of rotatable bonds is 4. The summed E-state index contributed by atoms with van der Waals surface area (Å²) in [4.78, 5) is 25.9. The quantitative estimate of drug-likeness (QED) is 0.531. The molecule has 4 heterocycles. The summed E-state index contributed by atoms with van der Waals surface area (Å²) in [5.41, 5.74) is 6.51. The molecule has 0 radical (unpaired) electrons. The molecule has 0 bridgehead atoms. The van der Waals surface area contributed by atoms with Gasteiger partial charge in [-0.3, -0.25) is 9.78 Å². The van der Waals surface area contributed by atoms with E-state index in [9.17, 15) is 9.90 Å². The van der Waals surface area contributed by atoms with Crippen LogP contribution in [0.25, 0.3) is 33.3 Å². The highest BCUT2D eigenvalue weighted by Gasteiger charge is 2.21. The van der Waals surface area contributed by atoms with Gasteiger partial charge in [0.2, 0.25) is 5.91 Å². The Morgan fingerprint density at radius 1 is 1.07 bits per heavy atom. The van der Waals surface area contributed by atoms with E-state index in [1.54, 1.807) is 13.1 Å².